The second kappa shape index (κ2) is 5.91. The molecule has 0 saturated carbocycles. The minimum Gasteiger partial charge on any atom is -0.480 e. The molecule has 0 aliphatic carbocycles. The Morgan fingerprint density at radius 1 is 1.60 bits per heavy atom. The Bertz CT molecular complexity index is 493. The van der Waals surface area contributed by atoms with Gasteiger partial charge in [0.2, 0.25) is 0 Å². The maximum absolute atomic E-state index is 11.9. The van der Waals surface area contributed by atoms with Gasteiger partial charge in [-0.2, -0.15) is 5.10 Å². The number of carboxylic acids is 1. The van der Waals surface area contributed by atoms with Crippen molar-refractivity contribution in [3.8, 4) is 0 Å². The van der Waals surface area contributed by atoms with E-state index in [1.807, 2.05) is 6.92 Å². The number of aromatic nitrogens is 2. The number of carbonyl (C=O) groups is 2. The number of carbonyl (C=O) groups excluding carboxylic acids is 1. The summed E-state index contributed by atoms with van der Waals surface area (Å²) in [5, 5.41) is 18.0. The third-order valence-corrected chi connectivity index (χ3v) is 3.04. The summed E-state index contributed by atoms with van der Waals surface area (Å²) in [5.74, 6) is -0.990. The molecule has 0 radical (unpaired) electrons. The molecule has 1 unspecified atom stereocenters. The van der Waals surface area contributed by atoms with Crippen molar-refractivity contribution in [3.05, 3.63) is 12.4 Å². The Morgan fingerprint density at radius 3 is 3.05 bits per heavy atom. The van der Waals surface area contributed by atoms with E-state index in [4.69, 9.17) is 9.84 Å². The van der Waals surface area contributed by atoms with E-state index in [2.05, 4.69) is 15.7 Å². The van der Waals surface area contributed by atoms with E-state index in [0.717, 1.165) is 19.4 Å². The van der Waals surface area contributed by atoms with E-state index in [0.29, 0.717) is 12.3 Å². The second-order valence-electron chi connectivity index (χ2n) is 5.12. The minimum atomic E-state index is -0.990. The highest BCUT2D eigenvalue weighted by Crippen LogP contribution is 2.18. The smallest absolute Gasteiger partial charge is 0.325 e. The van der Waals surface area contributed by atoms with E-state index in [1.54, 1.807) is 0 Å². The largest absolute Gasteiger partial charge is 0.480 e. The normalized spacial score (nSPS) is 22.2. The van der Waals surface area contributed by atoms with Crippen molar-refractivity contribution in [2.45, 2.75) is 31.8 Å². The number of rotatable bonds is 4. The highest BCUT2D eigenvalue weighted by molar-refractivity contribution is 5.89. The van der Waals surface area contributed by atoms with Gasteiger partial charge in [-0.15, -0.1) is 0 Å². The van der Waals surface area contributed by atoms with E-state index in [1.165, 1.54) is 17.1 Å². The number of nitrogens with one attached hydrogen (secondary N) is 2. The van der Waals surface area contributed by atoms with Gasteiger partial charge >= 0.3 is 12.0 Å². The van der Waals surface area contributed by atoms with Gasteiger partial charge in [-0.25, -0.2) is 4.79 Å². The van der Waals surface area contributed by atoms with Crippen LogP contribution in [0.1, 0.15) is 19.8 Å². The Kier molecular flexibility index (Phi) is 4.23. The van der Waals surface area contributed by atoms with Gasteiger partial charge in [0.25, 0.3) is 0 Å². The lowest BCUT2D eigenvalue weighted by atomic mass is 9.95. The van der Waals surface area contributed by atoms with Crippen LogP contribution in [-0.2, 0) is 16.1 Å². The van der Waals surface area contributed by atoms with Crippen LogP contribution in [0.15, 0.2) is 12.4 Å². The fourth-order valence-corrected chi connectivity index (χ4v) is 2.12. The van der Waals surface area contributed by atoms with Crippen molar-refractivity contribution in [1.82, 2.24) is 15.1 Å². The highest BCUT2D eigenvalue weighted by Gasteiger charge is 2.29. The molecular formula is C12H18N4O4. The zero-order valence-electron chi connectivity index (χ0n) is 11.3. The minimum absolute atomic E-state index is 0.241. The molecule has 1 aromatic heterocycles. The van der Waals surface area contributed by atoms with E-state index in [9.17, 15) is 9.59 Å². The third-order valence-electron chi connectivity index (χ3n) is 3.04. The SMILES string of the molecule is CC1(NC(=O)Nc2cnn(CC(=O)O)c2)CCCOC1. The zero-order valence-corrected chi connectivity index (χ0v) is 11.3. The molecule has 20 heavy (non-hydrogen) atoms. The van der Waals surface area contributed by atoms with Crippen molar-refractivity contribution >= 4 is 17.7 Å². The summed E-state index contributed by atoms with van der Waals surface area (Å²) in [4.78, 5) is 22.4. The van der Waals surface area contributed by atoms with Gasteiger partial charge < -0.3 is 20.5 Å². The van der Waals surface area contributed by atoms with Gasteiger partial charge in [0, 0.05) is 12.8 Å². The van der Waals surface area contributed by atoms with Crippen molar-refractivity contribution in [3.63, 3.8) is 0 Å². The molecule has 1 aromatic rings. The molecule has 8 heteroatoms. The fourth-order valence-electron chi connectivity index (χ4n) is 2.12. The van der Waals surface area contributed by atoms with Crippen LogP contribution in [0.2, 0.25) is 0 Å². The molecule has 1 saturated heterocycles. The average molecular weight is 282 g/mol. The quantitative estimate of drug-likeness (QED) is 0.752. The number of ether oxygens (including phenoxy) is 1. The third kappa shape index (κ3) is 3.95. The van der Waals surface area contributed by atoms with Crippen LogP contribution in [0.25, 0.3) is 0 Å². The Morgan fingerprint density at radius 2 is 2.40 bits per heavy atom. The summed E-state index contributed by atoms with van der Waals surface area (Å²) in [6.45, 7) is 2.90. The summed E-state index contributed by atoms with van der Waals surface area (Å²) >= 11 is 0. The lowest BCUT2D eigenvalue weighted by molar-refractivity contribution is -0.137. The molecule has 1 fully saturated rings. The lowest BCUT2D eigenvalue weighted by Crippen LogP contribution is -2.52. The van der Waals surface area contributed by atoms with Crippen LogP contribution in [0.5, 0.6) is 0 Å². The molecule has 0 spiro atoms. The van der Waals surface area contributed by atoms with E-state index in [-0.39, 0.29) is 18.1 Å². The number of aliphatic carboxylic acids is 1. The van der Waals surface area contributed by atoms with E-state index >= 15 is 0 Å². The Hall–Kier alpha value is -2.09. The van der Waals surface area contributed by atoms with Crippen molar-refractivity contribution in [1.29, 1.82) is 0 Å². The number of hydrogen-bond acceptors (Lipinski definition) is 4. The molecule has 110 valence electrons. The number of carboxylic acid groups (broad SMARTS) is 1. The first-order chi connectivity index (χ1) is 9.47. The summed E-state index contributed by atoms with van der Waals surface area (Å²) in [6, 6.07) is -0.354. The van der Waals surface area contributed by atoms with Crippen LogP contribution in [-0.4, -0.2) is 45.6 Å². The predicted molar refractivity (Wildman–Crippen MR) is 70.5 cm³/mol. The van der Waals surface area contributed by atoms with Crippen molar-refractivity contribution in [2.24, 2.45) is 0 Å². The molecule has 0 aromatic carbocycles. The molecule has 1 atom stereocenters. The number of nitrogens with zero attached hydrogens (tertiary/aromatic N) is 2. The van der Waals surface area contributed by atoms with Gasteiger partial charge in [0.05, 0.1) is 24.0 Å². The van der Waals surface area contributed by atoms with Crippen LogP contribution in [0, 0.1) is 0 Å². The van der Waals surface area contributed by atoms with Gasteiger partial charge in [-0.1, -0.05) is 0 Å². The zero-order chi connectivity index (χ0) is 14.6. The molecule has 3 N–H and O–H groups in total. The molecule has 1 aliphatic rings. The maximum atomic E-state index is 11.9. The fraction of sp³-hybridized carbons (Fsp3) is 0.583. The van der Waals surface area contributed by atoms with Crippen LogP contribution < -0.4 is 10.6 Å². The molecule has 0 bridgehead atoms. The predicted octanol–water partition coefficient (Wildman–Crippen LogP) is 0.658. The summed E-state index contributed by atoms with van der Waals surface area (Å²) in [7, 11) is 0. The number of urea groups is 1. The maximum Gasteiger partial charge on any atom is 0.325 e. The van der Waals surface area contributed by atoms with Crippen molar-refractivity contribution < 1.29 is 19.4 Å². The summed E-state index contributed by atoms with van der Waals surface area (Å²) in [5.41, 5.74) is 0.0726. The van der Waals surface area contributed by atoms with Crippen LogP contribution in [0.3, 0.4) is 0 Å². The Balaban J connectivity index is 1.87. The van der Waals surface area contributed by atoms with E-state index < -0.39 is 5.97 Å². The first kappa shape index (κ1) is 14.3. The molecule has 2 heterocycles. The highest BCUT2D eigenvalue weighted by atomic mass is 16.5. The standard InChI is InChI=1S/C12H18N4O4/c1-12(3-2-4-20-8-12)15-11(19)14-9-5-13-16(6-9)7-10(17)18/h5-6H,2-4,7-8H2,1H3,(H,17,18)(H2,14,15,19). The van der Waals surface area contributed by atoms with Crippen LogP contribution in [0.4, 0.5) is 10.5 Å². The van der Waals surface area contributed by atoms with Crippen molar-refractivity contribution in [2.75, 3.05) is 18.5 Å². The van der Waals surface area contributed by atoms with Crippen LogP contribution >= 0.6 is 0 Å². The van der Waals surface area contributed by atoms with Gasteiger partial charge in [-0.3, -0.25) is 9.48 Å². The lowest BCUT2D eigenvalue weighted by Gasteiger charge is -2.34. The second-order valence-corrected chi connectivity index (χ2v) is 5.12. The monoisotopic (exact) mass is 282 g/mol. The molecular weight excluding hydrogens is 264 g/mol. The number of hydrogen-bond donors (Lipinski definition) is 3. The average Bonchev–Trinajstić information content (AvgIpc) is 2.75. The first-order valence-electron chi connectivity index (χ1n) is 6.38. The first-order valence-corrected chi connectivity index (χ1v) is 6.38. The summed E-state index contributed by atoms with van der Waals surface area (Å²) < 4.78 is 6.60. The van der Waals surface area contributed by atoms with Gasteiger partial charge in [-0.05, 0) is 19.8 Å². The Labute approximate surface area is 116 Å². The topological polar surface area (TPSA) is 105 Å². The number of anilines is 1. The van der Waals surface area contributed by atoms with Gasteiger partial charge in [0.15, 0.2) is 0 Å². The summed E-state index contributed by atoms with van der Waals surface area (Å²) in [6.07, 6.45) is 4.64. The molecule has 1 aliphatic heterocycles. The molecule has 8 nitrogen and oxygen atoms in total. The molecule has 2 amide bonds. The number of amides is 2. The molecule has 2 rings (SSSR count). The van der Waals surface area contributed by atoms with Gasteiger partial charge in [0.1, 0.15) is 6.54 Å².